The second-order valence-corrected chi connectivity index (χ2v) is 5.52. The monoisotopic (exact) mass is 331 g/mol. The number of amides is 1. The molecule has 19 heavy (non-hydrogen) atoms. The van der Waals surface area contributed by atoms with Gasteiger partial charge in [-0.3, -0.25) is 4.79 Å². The van der Waals surface area contributed by atoms with Crippen LogP contribution < -0.4 is 5.32 Å². The maximum absolute atomic E-state index is 13.7. The summed E-state index contributed by atoms with van der Waals surface area (Å²) in [5.74, 6) is -0.733. The van der Waals surface area contributed by atoms with E-state index in [1.54, 1.807) is 6.07 Å². The molecule has 0 saturated carbocycles. The number of ether oxygens (including phenoxy) is 1. The summed E-state index contributed by atoms with van der Waals surface area (Å²) in [6.45, 7) is 6.89. The molecule has 1 N–H and O–H groups in total. The van der Waals surface area contributed by atoms with Crippen molar-refractivity contribution in [2.45, 2.75) is 26.8 Å². The van der Waals surface area contributed by atoms with Gasteiger partial charge in [0, 0.05) is 11.1 Å². The van der Waals surface area contributed by atoms with Gasteiger partial charge in [0.05, 0.1) is 18.2 Å². The van der Waals surface area contributed by atoms with Crippen LogP contribution in [-0.4, -0.2) is 25.2 Å². The van der Waals surface area contributed by atoms with E-state index in [2.05, 4.69) is 21.2 Å². The first-order valence-corrected chi connectivity index (χ1v) is 7.08. The standard InChI is InChI=1S/C14H19BrFNO2/c1-4-19-8-13(9(2)3)17-14(18)11-6-5-10(15)7-12(11)16/h5-7,9,13H,4,8H2,1-3H3,(H,17,18). The van der Waals surface area contributed by atoms with Crippen molar-refractivity contribution in [2.75, 3.05) is 13.2 Å². The van der Waals surface area contributed by atoms with Gasteiger partial charge in [0.2, 0.25) is 0 Å². The largest absolute Gasteiger partial charge is 0.380 e. The summed E-state index contributed by atoms with van der Waals surface area (Å²) in [7, 11) is 0. The number of rotatable bonds is 6. The quantitative estimate of drug-likeness (QED) is 0.867. The molecule has 1 rings (SSSR count). The first kappa shape index (κ1) is 16.1. The van der Waals surface area contributed by atoms with Gasteiger partial charge in [-0.15, -0.1) is 0 Å². The van der Waals surface area contributed by atoms with E-state index in [1.165, 1.54) is 12.1 Å². The minimum atomic E-state index is -0.536. The summed E-state index contributed by atoms with van der Waals surface area (Å²) >= 11 is 3.16. The molecule has 1 aromatic carbocycles. The summed E-state index contributed by atoms with van der Waals surface area (Å²) in [4.78, 5) is 12.0. The highest BCUT2D eigenvalue weighted by molar-refractivity contribution is 9.10. The van der Waals surface area contributed by atoms with Crippen molar-refractivity contribution in [2.24, 2.45) is 5.92 Å². The van der Waals surface area contributed by atoms with Gasteiger partial charge < -0.3 is 10.1 Å². The predicted molar refractivity (Wildman–Crippen MR) is 76.7 cm³/mol. The summed E-state index contributed by atoms with van der Waals surface area (Å²) in [5.41, 5.74) is 0.0466. The molecule has 0 heterocycles. The van der Waals surface area contributed by atoms with Crippen LogP contribution >= 0.6 is 15.9 Å². The Labute approximate surface area is 121 Å². The van der Waals surface area contributed by atoms with Gasteiger partial charge in [-0.2, -0.15) is 0 Å². The number of hydrogen-bond donors (Lipinski definition) is 1. The highest BCUT2D eigenvalue weighted by Crippen LogP contribution is 2.15. The molecule has 0 spiro atoms. The molecule has 0 aliphatic rings. The topological polar surface area (TPSA) is 38.3 Å². The fraction of sp³-hybridized carbons (Fsp3) is 0.500. The lowest BCUT2D eigenvalue weighted by molar-refractivity contribution is 0.0803. The van der Waals surface area contributed by atoms with Crippen LogP contribution in [0.1, 0.15) is 31.1 Å². The molecule has 1 unspecified atom stereocenters. The minimum absolute atomic E-state index is 0.0466. The fourth-order valence-electron chi connectivity index (χ4n) is 1.57. The van der Waals surface area contributed by atoms with Crippen LogP contribution in [0.4, 0.5) is 4.39 Å². The summed E-state index contributed by atoms with van der Waals surface area (Å²) in [5, 5.41) is 2.81. The molecule has 0 saturated heterocycles. The zero-order valence-corrected chi connectivity index (χ0v) is 13.0. The van der Waals surface area contributed by atoms with E-state index in [1.807, 2.05) is 20.8 Å². The van der Waals surface area contributed by atoms with E-state index >= 15 is 0 Å². The molecule has 3 nitrogen and oxygen atoms in total. The van der Waals surface area contributed by atoms with Crippen molar-refractivity contribution in [1.29, 1.82) is 0 Å². The molecular formula is C14H19BrFNO2. The molecule has 106 valence electrons. The van der Waals surface area contributed by atoms with Crippen molar-refractivity contribution < 1.29 is 13.9 Å². The molecule has 0 aliphatic carbocycles. The third-order valence-electron chi connectivity index (χ3n) is 2.80. The van der Waals surface area contributed by atoms with Gasteiger partial charge in [-0.05, 0) is 31.0 Å². The average Bonchev–Trinajstić information content (AvgIpc) is 2.33. The summed E-state index contributed by atoms with van der Waals surface area (Å²) in [6, 6.07) is 4.26. The van der Waals surface area contributed by atoms with Gasteiger partial charge >= 0.3 is 0 Å². The average molecular weight is 332 g/mol. The molecule has 0 radical (unpaired) electrons. The Morgan fingerprint density at radius 2 is 2.16 bits per heavy atom. The van der Waals surface area contributed by atoms with Crippen molar-refractivity contribution in [1.82, 2.24) is 5.32 Å². The van der Waals surface area contributed by atoms with E-state index < -0.39 is 11.7 Å². The molecule has 0 bridgehead atoms. The second-order valence-electron chi connectivity index (χ2n) is 4.61. The van der Waals surface area contributed by atoms with Crippen molar-refractivity contribution in [3.05, 3.63) is 34.1 Å². The van der Waals surface area contributed by atoms with Crippen molar-refractivity contribution in [3.63, 3.8) is 0 Å². The molecule has 0 aromatic heterocycles. The van der Waals surface area contributed by atoms with Crippen LogP contribution in [0.3, 0.4) is 0 Å². The highest BCUT2D eigenvalue weighted by atomic mass is 79.9. The van der Waals surface area contributed by atoms with Gasteiger partial charge in [-0.1, -0.05) is 29.8 Å². The summed E-state index contributed by atoms with van der Waals surface area (Å²) < 4.78 is 19.6. The highest BCUT2D eigenvalue weighted by Gasteiger charge is 2.19. The molecular weight excluding hydrogens is 313 g/mol. The van der Waals surface area contributed by atoms with E-state index in [0.29, 0.717) is 17.7 Å². The van der Waals surface area contributed by atoms with E-state index in [-0.39, 0.29) is 17.5 Å². The Morgan fingerprint density at radius 3 is 2.68 bits per heavy atom. The Bertz CT molecular complexity index is 437. The van der Waals surface area contributed by atoms with Gasteiger partial charge in [0.1, 0.15) is 5.82 Å². The smallest absolute Gasteiger partial charge is 0.254 e. The van der Waals surface area contributed by atoms with E-state index in [4.69, 9.17) is 4.74 Å². The minimum Gasteiger partial charge on any atom is -0.380 e. The fourth-order valence-corrected chi connectivity index (χ4v) is 1.90. The number of halogens is 2. The van der Waals surface area contributed by atoms with Crippen molar-refractivity contribution >= 4 is 21.8 Å². The Balaban J connectivity index is 2.76. The number of benzene rings is 1. The Morgan fingerprint density at radius 1 is 1.47 bits per heavy atom. The Hall–Kier alpha value is -0.940. The number of nitrogens with one attached hydrogen (secondary N) is 1. The third kappa shape index (κ3) is 4.91. The van der Waals surface area contributed by atoms with E-state index in [0.717, 1.165) is 0 Å². The van der Waals surface area contributed by atoms with Crippen LogP contribution in [-0.2, 0) is 4.74 Å². The maximum Gasteiger partial charge on any atom is 0.254 e. The molecule has 0 aliphatic heterocycles. The Kier molecular flexibility index (Phi) is 6.45. The normalized spacial score (nSPS) is 12.5. The molecule has 1 amide bonds. The molecule has 1 atom stereocenters. The first-order valence-electron chi connectivity index (χ1n) is 6.29. The number of hydrogen-bond acceptors (Lipinski definition) is 2. The molecule has 5 heteroatoms. The maximum atomic E-state index is 13.7. The molecule has 0 fully saturated rings. The third-order valence-corrected chi connectivity index (χ3v) is 3.29. The first-order chi connectivity index (χ1) is 8.95. The zero-order chi connectivity index (χ0) is 14.4. The number of carbonyl (C=O) groups is 1. The van der Waals surface area contributed by atoms with E-state index in [9.17, 15) is 9.18 Å². The lowest BCUT2D eigenvalue weighted by atomic mass is 10.0. The predicted octanol–water partition coefficient (Wildman–Crippen LogP) is 3.38. The second kappa shape index (κ2) is 7.60. The van der Waals surface area contributed by atoms with Crippen LogP contribution in [0.15, 0.2) is 22.7 Å². The van der Waals surface area contributed by atoms with Gasteiger partial charge in [0.25, 0.3) is 5.91 Å². The molecule has 1 aromatic rings. The van der Waals surface area contributed by atoms with Crippen LogP contribution in [0.5, 0.6) is 0 Å². The number of carbonyl (C=O) groups excluding carboxylic acids is 1. The van der Waals surface area contributed by atoms with Gasteiger partial charge in [0.15, 0.2) is 0 Å². The van der Waals surface area contributed by atoms with Crippen LogP contribution in [0.2, 0.25) is 0 Å². The summed E-state index contributed by atoms with van der Waals surface area (Å²) in [6.07, 6.45) is 0. The lowest BCUT2D eigenvalue weighted by Gasteiger charge is -2.22. The van der Waals surface area contributed by atoms with Gasteiger partial charge in [-0.25, -0.2) is 4.39 Å². The van der Waals surface area contributed by atoms with Crippen LogP contribution in [0, 0.1) is 11.7 Å². The lowest BCUT2D eigenvalue weighted by Crippen LogP contribution is -2.42. The zero-order valence-electron chi connectivity index (χ0n) is 11.4. The van der Waals surface area contributed by atoms with Crippen molar-refractivity contribution in [3.8, 4) is 0 Å². The van der Waals surface area contributed by atoms with Crippen LogP contribution in [0.25, 0.3) is 0 Å². The SMILES string of the molecule is CCOCC(NC(=O)c1ccc(Br)cc1F)C(C)C.